The number of hydrogen-bond acceptors (Lipinski definition) is 5. The van der Waals surface area contributed by atoms with E-state index in [1.807, 2.05) is 0 Å². The molecule has 20 heavy (non-hydrogen) atoms. The number of carbonyl (C=O) groups is 1. The van der Waals surface area contributed by atoms with Crippen LogP contribution in [0, 0.1) is 11.3 Å². The molecule has 0 aliphatic rings. The van der Waals surface area contributed by atoms with Crippen LogP contribution in [-0.2, 0) is 6.18 Å². The number of nitrogens with zero attached hydrogens (tertiary/aromatic N) is 5. The van der Waals surface area contributed by atoms with E-state index in [0.717, 1.165) is 17.1 Å². The Morgan fingerprint density at radius 1 is 1.40 bits per heavy atom. The highest BCUT2D eigenvalue weighted by Gasteiger charge is 2.33. The summed E-state index contributed by atoms with van der Waals surface area (Å²) in [7, 11) is 0. The van der Waals surface area contributed by atoms with Crippen molar-refractivity contribution in [3.8, 4) is 11.9 Å². The summed E-state index contributed by atoms with van der Waals surface area (Å²) in [5.74, 6) is -1.70. The molecule has 2 heterocycles. The van der Waals surface area contributed by atoms with Crippen molar-refractivity contribution < 1.29 is 18.0 Å². The average molecular weight is 282 g/mol. The van der Waals surface area contributed by atoms with Gasteiger partial charge in [-0.1, -0.05) is 0 Å². The zero-order valence-electron chi connectivity index (χ0n) is 9.59. The van der Waals surface area contributed by atoms with Gasteiger partial charge in [0.05, 0.1) is 5.56 Å². The molecule has 2 N–H and O–H groups in total. The lowest BCUT2D eigenvalue weighted by Crippen LogP contribution is -2.19. The number of hydrogen-bond donors (Lipinski definition) is 1. The van der Waals surface area contributed by atoms with Crippen molar-refractivity contribution >= 4 is 5.91 Å². The van der Waals surface area contributed by atoms with Crippen molar-refractivity contribution in [2.75, 3.05) is 0 Å². The molecule has 2 aromatic heterocycles. The molecule has 0 saturated heterocycles. The van der Waals surface area contributed by atoms with Gasteiger partial charge in [-0.15, -0.1) is 5.10 Å². The topological polar surface area (TPSA) is 110 Å². The first-order valence-electron chi connectivity index (χ1n) is 5.03. The first-order valence-corrected chi connectivity index (χ1v) is 5.03. The Hall–Kier alpha value is -2.96. The van der Waals surface area contributed by atoms with Crippen LogP contribution in [0.3, 0.4) is 0 Å². The number of amides is 1. The fraction of sp³-hybridized carbons (Fsp3) is 0.100. The molecule has 0 fully saturated rings. The van der Waals surface area contributed by atoms with E-state index in [1.165, 1.54) is 0 Å². The third-order valence-electron chi connectivity index (χ3n) is 2.24. The smallest absolute Gasteiger partial charge is 0.365 e. The van der Waals surface area contributed by atoms with Crippen LogP contribution in [0.4, 0.5) is 13.2 Å². The molecule has 0 spiro atoms. The molecule has 0 aromatic carbocycles. The third-order valence-corrected chi connectivity index (χ3v) is 2.24. The number of aromatic nitrogens is 4. The van der Waals surface area contributed by atoms with Gasteiger partial charge in [0.25, 0.3) is 11.7 Å². The average Bonchev–Trinajstić information content (AvgIpc) is 2.85. The van der Waals surface area contributed by atoms with Crippen LogP contribution >= 0.6 is 0 Å². The molecule has 0 bridgehead atoms. The lowest BCUT2D eigenvalue weighted by molar-refractivity contribution is -0.141. The second-order valence-electron chi connectivity index (χ2n) is 3.55. The van der Waals surface area contributed by atoms with Crippen molar-refractivity contribution in [2.24, 2.45) is 5.73 Å². The minimum atomic E-state index is -4.69. The Balaban J connectivity index is 2.64. The van der Waals surface area contributed by atoms with Crippen LogP contribution in [0.15, 0.2) is 18.5 Å². The Labute approximate surface area is 109 Å². The highest BCUT2D eigenvalue weighted by atomic mass is 19.4. The van der Waals surface area contributed by atoms with E-state index in [9.17, 15) is 18.0 Å². The summed E-state index contributed by atoms with van der Waals surface area (Å²) >= 11 is 0. The van der Waals surface area contributed by atoms with Crippen molar-refractivity contribution in [3.05, 3.63) is 35.5 Å². The molecular formula is C10H5F3N6O. The molecule has 2 aromatic rings. The molecule has 7 nitrogen and oxygen atoms in total. The van der Waals surface area contributed by atoms with E-state index in [2.05, 4.69) is 15.1 Å². The lowest BCUT2D eigenvalue weighted by Gasteiger charge is -2.10. The number of nitrogens with two attached hydrogens (primary N) is 1. The van der Waals surface area contributed by atoms with Gasteiger partial charge < -0.3 is 5.73 Å². The van der Waals surface area contributed by atoms with Crippen molar-refractivity contribution in [3.63, 3.8) is 0 Å². The molecule has 0 radical (unpaired) electrons. The minimum absolute atomic E-state index is 0.271. The summed E-state index contributed by atoms with van der Waals surface area (Å²) < 4.78 is 38.6. The Kier molecular flexibility index (Phi) is 3.11. The molecular weight excluding hydrogens is 277 g/mol. The largest absolute Gasteiger partial charge is 0.433 e. The van der Waals surface area contributed by atoms with Gasteiger partial charge in [-0.25, -0.2) is 14.6 Å². The zero-order valence-corrected chi connectivity index (χ0v) is 9.59. The summed E-state index contributed by atoms with van der Waals surface area (Å²) in [6.45, 7) is 0. The quantitative estimate of drug-likeness (QED) is 0.869. The number of rotatable bonds is 2. The first kappa shape index (κ1) is 13.5. The SMILES string of the molecule is N#Cc1ncn(-c2nc(C(F)(F)F)ccc2C(N)=O)n1. The highest BCUT2D eigenvalue weighted by molar-refractivity contribution is 5.95. The normalized spacial score (nSPS) is 11.1. The van der Waals surface area contributed by atoms with Crippen molar-refractivity contribution in [1.29, 1.82) is 5.26 Å². The minimum Gasteiger partial charge on any atom is -0.365 e. The van der Waals surface area contributed by atoms with Gasteiger partial charge in [0.1, 0.15) is 18.1 Å². The summed E-state index contributed by atoms with van der Waals surface area (Å²) in [5, 5.41) is 12.2. The van der Waals surface area contributed by atoms with Crippen molar-refractivity contribution in [2.45, 2.75) is 6.18 Å². The molecule has 2 rings (SSSR count). The van der Waals surface area contributed by atoms with Gasteiger partial charge >= 0.3 is 6.18 Å². The summed E-state index contributed by atoms with van der Waals surface area (Å²) in [6.07, 6.45) is -3.73. The van der Waals surface area contributed by atoms with Crippen molar-refractivity contribution in [1.82, 2.24) is 19.7 Å². The van der Waals surface area contributed by atoms with Crippen LogP contribution in [-0.4, -0.2) is 25.7 Å². The van der Waals surface area contributed by atoms with Gasteiger partial charge in [0.2, 0.25) is 0 Å². The summed E-state index contributed by atoms with van der Waals surface area (Å²) in [4.78, 5) is 18.0. The van der Waals surface area contributed by atoms with Crippen LogP contribution in [0.5, 0.6) is 0 Å². The maximum absolute atomic E-state index is 12.6. The molecule has 10 heteroatoms. The number of primary amides is 1. The standard InChI is InChI=1S/C10H5F3N6O/c11-10(12,13)6-2-1-5(8(15)20)9(17-6)19-4-16-7(3-14)18-19/h1-2,4H,(H2,15,20). The number of carbonyl (C=O) groups excluding carboxylic acids is 1. The van der Waals surface area contributed by atoms with E-state index < -0.39 is 23.6 Å². The van der Waals surface area contributed by atoms with Crippen LogP contribution in [0.1, 0.15) is 21.9 Å². The van der Waals surface area contributed by atoms with Gasteiger partial charge in [-0.3, -0.25) is 4.79 Å². The molecule has 0 aliphatic carbocycles. The molecule has 0 aliphatic heterocycles. The molecule has 1 amide bonds. The maximum Gasteiger partial charge on any atom is 0.433 e. The number of pyridine rings is 1. The summed E-state index contributed by atoms with van der Waals surface area (Å²) in [6, 6.07) is 3.12. The maximum atomic E-state index is 12.6. The Morgan fingerprint density at radius 2 is 2.10 bits per heavy atom. The van der Waals surface area contributed by atoms with Gasteiger partial charge in [-0.05, 0) is 12.1 Å². The van der Waals surface area contributed by atoms with Crippen LogP contribution < -0.4 is 5.73 Å². The fourth-order valence-electron chi connectivity index (χ4n) is 1.39. The van der Waals surface area contributed by atoms with Gasteiger partial charge in [-0.2, -0.15) is 18.4 Å². The second kappa shape index (κ2) is 4.61. The Morgan fingerprint density at radius 3 is 2.60 bits per heavy atom. The molecule has 0 saturated carbocycles. The third kappa shape index (κ3) is 2.41. The van der Waals surface area contributed by atoms with E-state index in [-0.39, 0.29) is 11.4 Å². The zero-order chi connectivity index (χ0) is 14.9. The van der Waals surface area contributed by atoms with Gasteiger partial charge in [0, 0.05) is 0 Å². The number of nitriles is 1. The number of alkyl halides is 3. The fourth-order valence-corrected chi connectivity index (χ4v) is 1.39. The monoisotopic (exact) mass is 282 g/mol. The predicted octanol–water partition coefficient (Wildman–Crippen LogP) is 0.652. The van der Waals surface area contributed by atoms with Gasteiger partial charge in [0.15, 0.2) is 5.82 Å². The predicted molar refractivity (Wildman–Crippen MR) is 57.4 cm³/mol. The van der Waals surface area contributed by atoms with Crippen LogP contribution in [0.2, 0.25) is 0 Å². The Bertz CT molecular complexity index is 715. The number of halogens is 3. The molecule has 0 atom stereocenters. The summed E-state index contributed by atoms with van der Waals surface area (Å²) in [5.41, 5.74) is 3.58. The van der Waals surface area contributed by atoms with Crippen LogP contribution in [0.25, 0.3) is 5.82 Å². The highest BCUT2D eigenvalue weighted by Crippen LogP contribution is 2.28. The first-order chi connectivity index (χ1) is 9.32. The lowest BCUT2D eigenvalue weighted by atomic mass is 10.2. The van der Waals surface area contributed by atoms with E-state index in [1.54, 1.807) is 6.07 Å². The molecule has 0 unspecified atom stereocenters. The van der Waals surface area contributed by atoms with E-state index >= 15 is 0 Å². The molecule has 102 valence electrons. The second-order valence-corrected chi connectivity index (χ2v) is 3.55. The van der Waals surface area contributed by atoms with E-state index in [0.29, 0.717) is 6.07 Å². The van der Waals surface area contributed by atoms with E-state index in [4.69, 9.17) is 11.0 Å².